The fourth-order valence-electron chi connectivity index (χ4n) is 5.35. The van der Waals surface area contributed by atoms with Gasteiger partial charge >= 0.3 is 6.18 Å². The number of rotatable bonds is 4. The molecule has 1 aliphatic rings. The highest BCUT2D eigenvalue weighted by molar-refractivity contribution is 6.31. The second-order valence-corrected chi connectivity index (χ2v) is 9.34. The minimum Gasteiger partial charge on any atom is -0.340 e. The first-order valence-corrected chi connectivity index (χ1v) is 11.7. The van der Waals surface area contributed by atoms with Gasteiger partial charge in [0.1, 0.15) is 5.82 Å². The smallest absolute Gasteiger partial charge is 0.340 e. The quantitative estimate of drug-likeness (QED) is 0.332. The maximum atomic E-state index is 13.3. The van der Waals surface area contributed by atoms with Crippen molar-refractivity contribution >= 4 is 33.7 Å². The van der Waals surface area contributed by atoms with Gasteiger partial charge in [-0.25, -0.2) is 9.97 Å². The van der Waals surface area contributed by atoms with E-state index in [1.54, 1.807) is 12.4 Å². The maximum Gasteiger partial charge on any atom is 0.416 e. The number of aromatic amines is 1. The average molecular weight is 473 g/mol. The normalized spacial score (nSPS) is 20.4. The number of nitrogens with one attached hydrogen (secondary N) is 1. The van der Waals surface area contributed by atoms with E-state index in [1.165, 1.54) is 12.1 Å². The number of fused-ring (bicyclic) bond motifs is 2. The molecule has 1 unspecified atom stereocenters. The Labute approximate surface area is 194 Å². The third-order valence-electron chi connectivity index (χ3n) is 7.00. The lowest BCUT2D eigenvalue weighted by atomic mass is 9.72. The third-order valence-corrected chi connectivity index (χ3v) is 7.20. The second kappa shape index (κ2) is 8.60. The standard InChI is InChI=1S/C25H24ClF3N4/c1-2-18(23-32-22-12-17(26)13-31-24(22)33-23)14-3-5-15(6-4-14)19-9-10-30-21-8-7-16(11-20(19)21)25(27,28)29/h7-15,18H,2-6H2,1H3,(H,31,32,33). The zero-order valence-corrected chi connectivity index (χ0v) is 18.9. The van der Waals surface area contributed by atoms with Crippen molar-refractivity contribution < 1.29 is 13.2 Å². The zero-order chi connectivity index (χ0) is 23.2. The van der Waals surface area contributed by atoms with Crippen LogP contribution in [0.1, 0.15) is 67.8 Å². The number of imidazole rings is 1. The summed E-state index contributed by atoms with van der Waals surface area (Å²) in [5.41, 5.74) is 2.48. The molecule has 0 bridgehead atoms. The summed E-state index contributed by atoms with van der Waals surface area (Å²) in [6.45, 7) is 2.17. The third kappa shape index (κ3) is 4.31. The number of hydrogen-bond acceptors (Lipinski definition) is 3. The summed E-state index contributed by atoms with van der Waals surface area (Å²) in [5.74, 6) is 1.91. The van der Waals surface area contributed by atoms with Gasteiger partial charge in [-0.15, -0.1) is 0 Å². The molecule has 8 heteroatoms. The van der Waals surface area contributed by atoms with E-state index in [4.69, 9.17) is 16.6 Å². The summed E-state index contributed by atoms with van der Waals surface area (Å²) in [4.78, 5) is 16.7. The largest absolute Gasteiger partial charge is 0.416 e. The van der Waals surface area contributed by atoms with E-state index in [0.717, 1.165) is 55.1 Å². The van der Waals surface area contributed by atoms with E-state index in [-0.39, 0.29) is 11.8 Å². The number of halogens is 4. The Balaban J connectivity index is 1.37. The van der Waals surface area contributed by atoms with Gasteiger partial charge in [-0.2, -0.15) is 13.2 Å². The molecule has 0 spiro atoms. The number of hydrogen-bond donors (Lipinski definition) is 1. The molecule has 0 amide bonds. The number of H-pyrrole nitrogens is 1. The summed E-state index contributed by atoms with van der Waals surface area (Å²) in [5, 5.41) is 1.19. The van der Waals surface area contributed by atoms with Gasteiger partial charge in [0.15, 0.2) is 5.65 Å². The Morgan fingerprint density at radius 2 is 1.88 bits per heavy atom. The van der Waals surface area contributed by atoms with E-state index in [0.29, 0.717) is 27.5 Å². The molecule has 0 radical (unpaired) electrons. The zero-order valence-electron chi connectivity index (χ0n) is 18.2. The maximum absolute atomic E-state index is 13.3. The number of aromatic nitrogens is 4. The van der Waals surface area contributed by atoms with Gasteiger partial charge in [-0.3, -0.25) is 4.98 Å². The number of alkyl halides is 3. The Kier molecular flexibility index (Phi) is 5.77. The number of pyridine rings is 2. The van der Waals surface area contributed by atoms with E-state index in [9.17, 15) is 13.2 Å². The lowest BCUT2D eigenvalue weighted by Gasteiger charge is -2.33. The van der Waals surface area contributed by atoms with Crippen molar-refractivity contribution in [1.29, 1.82) is 0 Å². The van der Waals surface area contributed by atoms with Crippen LogP contribution in [0, 0.1) is 5.92 Å². The van der Waals surface area contributed by atoms with Crippen molar-refractivity contribution in [2.45, 2.75) is 57.0 Å². The van der Waals surface area contributed by atoms with Gasteiger partial charge in [-0.05, 0) is 79.8 Å². The molecule has 0 aliphatic heterocycles. The van der Waals surface area contributed by atoms with Crippen LogP contribution >= 0.6 is 11.6 Å². The van der Waals surface area contributed by atoms with Crippen molar-refractivity contribution in [3.63, 3.8) is 0 Å². The minimum absolute atomic E-state index is 0.226. The molecular weight excluding hydrogens is 449 g/mol. The predicted molar refractivity (Wildman–Crippen MR) is 123 cm³/mol. The van der Waals surface area contributed by atoms with Crippen LogP contribution in [0.2, 0.25) is 5.02 Å². The van der Waals surface area contributed by atoms with Gasteiger partial charge in [0.2, 0.25) is 0 Å². The summed E-state index contributed by atoms with van der Waals surface area (Å²) in [6.07, 6.45) is 3.76. The Bertz CT molecular complexity index is 1290. The Hall–Kier alpha value is -2.67. The first-order chi connectivity index (χ1) is 15.8. The SMILES string of the molecule is CCC(c1nc2ncc(Cl)cc2[nH]1)C1CCC(c2ccnc3ccc(C(F)(F)F)cc23)CC1. The van der Waals surface area contributed by atoms with Crippen LogP contribution < -0.4 is 0 Å². The first-order valence-electron chi connectivity index (χ1n) is 11.3. The molecule has 1 aromatic carbocycles. The van der Waals surface area contributed by atoms with Gasteiger partial charge in [0.25, 0.3) is 0 Å². The van der Waals surface area contributed by atoms with E-state index in [1.807, 2.05) is 12.1 Å². The molecule has 1 atom stereocenters. The Morgan fingerprint density at radius 1 is 1.09 bits per heavy atom. The summed E-state index contributed by atoms with van der Waals surface area (Å²) in [7, 11) is 0. The highest BCUT2D eigenvalue weighted by Crippen LogP contribution is 2.44. The van der Waals surface area contributed by atoms with E-state index in [2.05, 4.69) is 21.9 Å². The number of nitrogens with zero attached hydrogens (tertiary/aromatic N) is 3. The van der Waals surface area contributed by atoms with Crippen LogP contribution in [-0.4, -0.2) is 19.9 Å². The molecule has 1 saturated carbocycles. The van der Waals surface area contributed by atoms with Gasteiger partial charge < -0.3 is 4.98 Å². The molecule has 172 valence electrons. The Morgan fingerprint density at radius 3 is 2.61 bits per heavy atom. The van der Waals surface area contributed by atoms with Crippen LogP contribution in [0.4, 0.5) is 13.2 Å². The highest BCUT2D eigenvalue weighted by Gasteiger charge is 2.33. The molecule has 1 N–H and O–H groups in total. The van der Waals surface area contributed by atoms with Crippen LogP contribution in [0.15, 0.2) is 42.7 Å². The number of benzene rings is 1. The molecule has 4 nitrogen and oxygen atoms in total. The molecule has 3 aromatic heterocycles. The summed E-state index contributed by atoms with van der Waals surface area (Å²) >= 11 is 6.06. The van der Waals surface area contributed by atoms with Crippen molar-refractivity contribution in [1.82, 2.24) is 19.9 Å². The van der Waals surface area contributed by atoms with Crippen LogP contribution in [-0.2, 0) is 6.18 Å². The van der Waals surface area contributed by atoms with Crippen molar-refractivity contribution in [3.8, 4) is 0 Å². The van der Waals surface area contributed by atoms with Gasteiger partial charge in [-0.1, -0.05) is 18.5 Å². The van der Waals surface area contributed by atoms with Crippen LogP contribution in [0.5, 0.6) is 0 Å². The summed E-state index contributed by atoms with van der Waals surface area (Å²) in [6, 6.07) is 7.57. The molecule has 1 fully saturated rings. The van der Waals surface area contributed by atoms with Crippen molar-refractivity contribution in [3.05, 3.63) is 64.7 Å². The van der Waals surface area contributed by atoms with Crippen LogP contribution in [0.25, 0.3) is 22.1 Å². The molecule has 0 saturated heterocycles. The average Bonchev–Trinajstić information content (AvgIpc) is 3.21. The van der Waals surface area contributed by atoms with Gasteiger partial charge in [0, 0.05) is 23.7 Å². The van der Waals surface area contributed by atoms with Gasteiger partial charge in [0.05, 0.1) is 21.6 Å². The first kappa shape index (κ1) is 22.1. The van der Waals surface area contributed by atoms with Crippen molar-refractivity contribution in [2.75, 3.05) is 0 Å². The lowest BCUT2D eigenvalue weighted by molar-refractivity contribution is -0.137. The fourth-order valence-corrected chi connectivity index (χ4v) is 5.51. The van der Waals surface area contributed by atoms with Crippen LogP contribution in [0.3, 0.4) is 0 Å². The van der Waals surface area contributed by atoms with E-state index < -0.39 is 11.7 Å². The fraction of sp³-hybridized carbons (Fsp3) is 0.400. The molecular formula is C25H24ClF3N4. The highest BCUT2D eigenvalue weighted by atomic mass is 35.5. The van der Waals surface area contributed by atoms with E-state index >= 15 is 0 Å². The van der Waals surface area contributed by atoms with Crippen molar-refractivity contribution in [2.24, 2.45) is 5.92 Å². The minimum atomic E-state index is -4.36. The second-order valence-electron chi connectivity index (χ2n) is 8.90. The molecule has 5 rings (SSSR count). The summed E-state index contributed by atoms with van der Waals surface area (Å²) < 4.78 is 39.9. The molecule has 1 aliphatic carbocycles. The predicted octanol–water partition coefficient (Wildman–Crippen LogP) is 7.65. The lowest BCUT2D eigenvalue weighted by Crippen LogP contribution is -2.20. The topological polar surface area (TPSA) is 54.5 Å². The monoisotopic (exact) mass is 472 g/mol. The molecule has 4 aromatic rings. The molecule has 3 heterocycles. The molecule has 33 heavy (non-hydrogen) atoms.